The largest absolute Gasteiger partial charge is 0.497 e. The first-order valence-corrected chi connectivity index (χ1v) is 12.2. The molecule has 4 rings (SSSR count). The summed E-state index contributed by atoms with van der Waals surface area (Å²) in [7, 11) is 1.58. The van der Waals surface area contributed by atoms with Crippen molar-refractivity contribution in [2.75, 3.05) is 33.5 Å². The molecule has 1 aliphatic rings. The van der Waals surface area contributed by atoms with E-state index in [2.05, 4.69) is 5.32 Å². The Hall–Kier alpha value is -3.91. The number of amides is 1. The predicted molar refractivity (Wildman–Crippen MR) is 139 cm³/mol. The fourth-order valence-electron chi connectivity index (χ4n) is 4.31. The minimum absolute atomic E-state index is 0.0579. The minimum atomic E-state index is -1.38. The number of hydrogen-bond acceptors (Lipinski definition) is 6. The average Bonchev–Trinajstić information content (AvgIpc) is 3.33. The van der Waals surface area contributed by atoms with Crippen molar-refractivity contribution >= 4 is 11.8 Å². The van der Waals surface area contributed by atoms with Crippen LogP contribution in [0.1, 0.15) is 29.2 Å². The summed E-state index contributed by atoms with van der Waals surface area (Å²) in [6.07, 6.45) is 0.00746. The second kappa shape index (κ2) is 12.4. The van der Waals surface area contributed by atoms with E-state index in [0.717, 1.165) is 5.56 Å². The van der Waals surface area contributed by atoms with E-state index < -0.39 is 24.2 Å². The number of carbonyl (C=O) groups is 1. The van der Waals surface area contributed by atoms with E-state index in [9.17, 15) is 9.18 Å². The Morgan fingerprint density at radius 1 is 1.08 bits per heavy atom. The molecule has 194 valence electrons. The molecule has 3 aromatic rings. The number of benzene rings is 3. The zero-order valence-corrected chi connectivity index (χ0v) is 20.7. The van der Waals surface area contributed by atoms with Gasteiger partial charge in [0.2, 0.25) is 5.90 Å². The first-order chi connectivity index (χ1) is 18.1. The summed E-state index contributed by atoms with van der Waals surface area (Å²) in [5.74, 6) is 1.16. The molecule has 0 saturated heterocycles. The quantitative estimate of drug-likeness (QED) is 0.362. The summed E-state index contributed by atoms with van der Waals surface area (Å²) in [6.45, 7) is -0.348. The van der Waals surface area contributed by atoms with Crippen LogP contribution in [-0.2, 0) is 16.0 Å². The van der Waals surface area contributed by atoms with Crippen LogP contribution >= 0.6 is 0 Å². The SMILES string of the molecule is COc1cccc([C@H]2OC(c3ccc(OCCCO)cc3)=N[C@@]2(Cc2ccccc2)C(=O)NCCF)c1. The summed E-state index contributed by atoms with van der Waals surface area (Å²) in [5, 5.41) is 11.7. The normalized spacial score (nSPS) is 18.6. The summed E-state index contributed by atoms with van der Waals surface area (Å²) >= 11 is 0. The fourth-order valence-corrected chi connectivity index (χ4v) is 4.31. The number of rotatable bonds is 12. The van der Waals surface area contributed by atoms with Gasteiger partial charge >= 0.3 is 0 Å². The predicted octanol–water partition coefficient (Wildman–Crippen LogP) is 4.04. The molecule has 1 heterocycles. The van der Waals surface area contributed by atoms with E-state index >= 15 is 0 Å². The number of hydrogen-bond donors (Lipinski definition) is 2. The number of methoxy groups -OCH3 is 1. The maximum Gasteiger partial charge on any atom is 0.252 e. The monoisotopic (exact) mass is 506 g/mol. The van der Waals surface area contributed by atoms with Gasteiger partial charge in [0.1, 0.15) is 18.2 Å². The molecule has 0 radical (unpaired) electrons. The molecular formula is C29H31FN2O5. The Kier molecular flexibility index (Phi) is 8.74. The highest BCUT2D eigenvalue weighted by Crippen LogP contribution is 2.43. The van der Waals surface area contributed by atoms with Crippen molar-refractivity contribution < 1.29 is 28.5 Å². The highest BCUT2D eigenvalue weighted by molar-refractivity contribution is 6.01. The minimum Gasteiger partial charge on any atom is -0.497 e. The van der Waals surface area contributed by atoms with Gasteiger partial charge in [-0.25, -0.2) is 9.38 Å². The lowest BCUT2D eigenvalue weighted by atomic mass is 9.82. The Morgan fingerprint density at radius 2 is 1.86 bits per heavy atom. The first-order valence-electron chi connectivity index (χ1n) is 12.2. The molecule has 1 amide bonds. The summed E-state index contributed by atoms with van der Waals surface area (Å²) < 4.78 is 30.6. The number of alkyl halides is 1. The van der Waals surface area contributed by atoms with Gasteiger partial charge in [0.15, 0.2) is 11.6 Å². The van der Waals surface area contributed by atoms with Crippen LogP contribution in [0.2, 0.25) is 0 Å². The molecule has 3 aromatic carbocycles. The van der Waals surface area contributed by atoms with Crippen molar-refractivity contribution in [3.63, 3.8) is 0 Å². The molecule has 0 spiro atoms. The van der Waals surface area contributed by atoms with Crippen molar-refractivity contribution in [3.8, 4) is 11.5 Å². The second-order valence-electron chi connectivity index (χ2n) is 8.67. The van der Waals surface area contributed by atoms with E-state index in [0.29, 0.717) is 41.6 Å². The molecule has 1 aliphatic heterocycles. The third-order valence-corrected chi connectivity index (χ3v) is 6.12. The van der Waals surface area contributed by atoms with Crippen LogP contribution in [0.25, 0.3) is 0 Å². The smallest absolute Gasteiger partial charge is 0.252 e. The number of carbonyl (C=O) groups excluding carboxylic acids is 1. The fraction of sp³-hybridized carbons (Fsp3) is 0.310. The lowest BCUT2D eigenvalue weighted by Gasteiger charge is -2.30. The molecule has 2 N–H and O–H groups in total. The van der Waals surface area contributed by atoms with Crippen LogP contribution in [0.4, 0.5) is 4.39 Å². The summed E-state index contributed by atoms with van der Waals surface area (Å²) in [6, 6.07) is 24.1. The zero-order valence-electron chi connectivity index (χ0n) is 20.7. The number of aliphatic hydroxyl groups excluding tert-OH is 1. The number of aliphatic hydroxyl groups is 1. The van der Waals surface area contributed by atoms with Gasteiger partial charge in [0, 0.05) is 31.6 Å². The van der Waals surface area contributed by atoms with Crippen LogP contribution in [0.3, 0.4) is 0 Å². The highest BCUT2D eigenvalue weighted by atomic mass is 19.1. The van der Waals surface area contributed by atoms with Crippen LogP contribution in [0.5, 0.6) is 11.5 Å². The van der Waals surface area contributed by atoms with Crippen molar-refractivity contribution in [1.29, 1.82) is 0 Å². The molecule has 37 heavy (non-hydrogen) atoms. The Labute approximate surface area is 215 Å². The van der Waals surface area contributed by atoms with E-state index in [1.807, 2.05) is 66.7 Å². The number of nitrogens with one attached hydrogen (secondary N) is 1. The summed E-state index contributed by atoms with van der Waals surface area (Å²) in [5.41, 5.74) is 0.908. The van der Waals surface area contributed by atoms with Gasteiger partial charge in [0.25, 0.3) is 5.91 Å². The van der Waals surface area contributed by atoms with Crippen LogP contribution in [-0.4, -0.2) is 56.0 Å². The maximum atomic E-state index is 13.7. The maximum absolute atomic E-state index is 13.7. The standard InChI is InChI=1S/C29H31FN2O5/c1-35-25-10-5-9-23(19-25)26-29(28(34)31-16-15-30,20-21-7-3-2-4-8-21)32-27(37-26)22-11-13-24(14-12-22)36-18-6-17-33/h2-5,7-14,19,26,33H,6,15-18,20H2,1H3,(H,31,34)/t26-,29-/m1/s1. The molecule has 8 heteroatoms. The Bertz CT molecular complexity index is 1200. The molecule has 0 bridgehead atoms. The zero-order chi connectivity index (χ0) is 26.1. The van der Waals surface area contributed by atoms with Gasteiger partial charge in [-0.15, -0.1) is 0 Å². The van der Waals surface area contributed by atoms with Crippen LogP contribution in [0.15, 0.2) is 83.9 Å². The molecule has 0 fully saturated rings. The van der Waals surface area contributed by atoms with Crippen LogP contribution < -0.4 is 14.8 Å². The molecule has 0 aliphatic carbocycles. The average molecular weight is 507 g/mol. The first kappa shape index (κ1) is 26.2. The third kappa shape index (κ3) is 6.09. The van der Waals surface area contributed by atoms with Gasteiger partial charge in [0.05, 0.1) is 13.7 Å². The Morgan fingerprint density at radius 3 is 2.57 bits per heavy atom. The molecule has 0 saturated carbocycles. The van der Waals surface area contributed by atoms with Gasteiger partial charge < -0.3 is 24.6 Å². The van der Waals surface area contributed by atoms with Crippen molar-refractivity contribution in [3.05, 3.63) is 95.6 Å². The van der Waals surface area contributed by atoms with Crippen molar-refractivity contribution in [2.24, 2.45) is 4.99 Å². The molecule has 2 atom stereocenters. The Balaban J connectivity index is 1.76. The summed E-state index contributed by atoms with van der Waals surface area (Å²) in [4.78, 5) is 18.6. The van der Waals surface area contributed by atoms with E-state index in [-0.39, 0.29) is 19.6 Å². The third-order valence-electron chi connectivity index (χ3n) is 6.12. The number of nitrogens with zero attached hydrogens (tertiary/aromatic N) is 1. The van der Waals surface area contributed by atoms with Gasteiger partial charge in [-0.3, -0.25) is 4.79 Å². The topological polar surface area (TPSA) is 89.4 Å². The van der Waals surface area contributed by atoms with Gasteiger partial charge in [-0.1, -0.05) is 42.5 Å². The molecular weight excluding hydrogens is 475 g/mol. The van der Waals surface area contributed by atoms with Crippen molar-refractivity contribution in [1.82, 2.24) is 5.32 Å². The number of halogens is 1. The molecule has 0 aromatic heterocycles. The number of aliphatic imine (C=N–C) groups is 1. The van der Waals surface area contributed by atoms with Crippen molar-refractivity contribution in [2.45, 2.75) is 24.5 Å². The van der Waals surface area contributed by atoms with Crippen LogP contribution in [0, 0.1) is 0 Å². The molecule has 0 unspecified atom stereocenters. The highest BCUT2D eigenvalue weighted by Gasteiger charge is 2.53. The van der Waals surface area contributed by atoms with E-state index in [1.165, 1.54) is 0 Å². The van der Waals surface area contributed by atoms with Gasteiger partial charge in [-0.05, 0) is 47.5 Å². The number of ether oxygens (including phenoxy) is 3. The molecule has 7 nitrogen and oxygen atoms in total. The van der Waals surface area contributed by atoms with E-state index in [1.54, 1.807) is 19.2 Å². The van der Waals surface area contributed by atoms with E-state index in [4.69, 9.17) is 24.3 Å². The second-order valence-corrected chi connectivity index (χ2v) is 8.67. The lowest BCUT2D eigenvalue weighted by molar-refractivity contribution is -0.129. The lowest BCUT2D eigenvalue weighted by Crippen LogP contribution is -2.50. The van der Waals surface area contributed by atoms with Gasteiger partial charge in [-0.2, -0.15) is 0 Å².